The highest BCUT2D eigenvalue weighted by molar-refractivity contribution is 5.81. The van der Waals surface area contributed by atoms with Crippen LogP contribution >= 0.6 is 0 Å². The quantitative estimate of drug-likeness (QED) is 0.577. The average Bonchev–Trinajstić information content (AvgIpc) is 2.28. The molecule has 1 fully saturated rings. The molecular formula is C13H23NO2. The van der Waals surface area contributed by atoms with Crippen molar-refractivity contribution < 1.29 is 9.53 Å². The first-order chi connectivity index (χ1) is 7.72. The molecule has 1 N–H and O–H groups in total. The van der Waals surface area contributed by atoms with E-state index in [-0.39, 0.29) is 12.0 Å². The minimum Gasteiger partial charge on any atom is -0.463 e. The maximum atomic E-state index is 11.1. The van der Waals surface area contributed by atoms with Crippen LogP contribution in [0, 0.1) is 0 Å². The molecule has 3 heteroatoms. The molecule has 1 aliphatic carbocycles. The molecule has 3 nitrogen and oxygen atoms in total. The molecule has 0 bridgehead atoms. The van der Waals surface area contributed by atoms with Crippen LogP contribution in [0.1, 0.15) is 46.0 Å². The normalized spacial score (nSPS) is 19.9. The Kier molecular flexibility index (Phi) is 6.16. The lowest BCUT2D eigenvalue weighted by molar-refractivity contribution is -0.137. The Balaban J connectivity index is 2.23. The summed E-state index contributed by atoms with van der Waals surface area (Å²) in [6, 6.07) is 0.864. The third-order valence-electron chi connectivity index (χ3n) is 2.91. The van der Waals surface area contributed by atoms with Crippen LogP contribution in [-0.4, -0.2) is 24.7 Å². The Bertz CT molecular complexity index is 232. The third kappa shape index (κ3) is 5.31. The lowest BCUT2D eigenvalue weighted by atomic mass is 9.95. The SMILES string of the molecule is CCOC(=O)/C=C/[C@@H](C)NC1CCCCC1. The number of hydrogen-bond acceptors (Lipinski definition) is 3. The van der Waals surface area contributed by atoms with Crippen LogP contribution in [0.3, 0.4) is 0 Å². The molecule has 0 saturated heterocycles. The van der Waals surface area contributed by atoms with Gasteiger partial charge in [-0.05, 0) is 26.7 Å². The highest BCUT2D eigenvalue weighted by atomic mass is 16.5. The molecule has 0 aromatic carbocycles. The molecule has 1 saturated carbocycles. The van der Waals surface area contributed by atoms with Crippen molar-refractivity contribution in [2.24, 2.45) is 0 Å². The molecule has 1 rings (SSSR count). The van der Waals surface area contributed by atoms with E-state index in [1.54, 1.807) is 0 Å². The molecular weight excluding hydrogens is 202 g/mol. The molecule has 1 aliphatic rings. The molecule has 0 aliphatic heterocycles. The molecule has 0 spiro atoms. The topological polar surface area (TPSA) is 38.3 Å². The lowest BCUT2D eigenvalue weighted by Crippen LogP contribution is -2.36. The van der Waals surface area contributed by atoms with Crippen LogP contribution in [0.4, 0.5) is 0 Å². The highest BCUT2D eigenvalue weighted by Crippen LogP contribution is 2.17. The van der Waals surface area contributed by atoms with Crippen LogP contribution in [0.2, 0.25) is 0 Å². The van der Waals surface area contributed by atoms with Gasteiger partial charge >= 0.3 is 5.97 Å². The fourth-order valence-corrected chi connectivity index (χ4v) is 2.11. The van der Waals surface area contributed by atoms with Gasteiger partial charge in [0.15, 0.2) is 0 Å². The first-order valence-electron chi connectivity index (χ1n) is 6.33. The number of hydrogen-bond donors (Lipinski definition) is 1. The number of rotatable bonds is 5. The van der Waals surface area contributed by atoms with E-state index in [4.69, 9.17) is 4.74 Å². The molecule has 0 amide bonds. The van der Waals surface area contributed by atoms with Gasteiger partial charge in [-0.15, -0.1) is 0 Å². The van der Waals surface area contributed by atoms with Gasteiger partial charge in [0.1, 0.15) is 0 Å². The van der Waals surface area contributed by atoms with Gasteiger partial charge in [0.2, 0.25) is 0 Å². The van der Waals surface area contributed by atoms with Crippen molar-refractivity contribution in [2.45, 2.75) is 58.0 Å². The summed E-state index contributed by atoms with van der Waals surface area (Å²) in [4.78, 5) is 11.1. The fraction of sp³-hybridized carbons (Fsp3) is 0.769. The molecule has 16 heavy (non-hydrogen) atoms. The standard InChI is InChI=1S/C13H23NO2/c1-3-16-13(15)10-9-11(2)14-12-7-5-4-6-8-12/h9-12,14H,3-8H2,1-2H3/b10-9+/t11-/m1/s1. The van der Waals surface area contributed by atoms with E-state index in [2.05, 4.69) is 12.2 Å². The second kappa shape index (κ2) is 7.44. The van der Waals surface area contributed by atoms with Gasteiger partial charge in [0.05, 0.1) is 6.61 Å². The first kappa shape index (κ1) is 13.2. The van der Waals surface area contributed by atoms with Crippen molar-refractivity contribution in [3.8, 4) is 0 Å². The van der Waals surface area contributed by atoms with Gasteiger partial charge in [0, 0.05) is 18.2 Å². The first-order valence-corrected chi connectivity index (χ1v) is 6.33. The van der Waals surface area contributed by atoms with Crippen molar-refractivity contribution in [1.82, 2.24) is 5.32 Å². The van der Waals surface area contributed by atoms with Crippen LogP contribution in [0.15, 0.2) is 12.2 Å². The van der Waals surface area contributed by atoms with Gasteiger partial charge < -0.3 is 10.1 Å². The van der Waals surface area contributed by atoms with E-state index < -0.39 is 0 Å². The number of esters is 1. The zero-order valence-electron chi connectivity index (χ0n) is 10.4. The van der Waals surface area contributed by atoms with Crippen LogP contribution in [0.5, 0.6) is 0 Å². The zero-order valence-corrected chi connectivity index (χ0v) is 10.4. The van der Waals surface area contributed by atoms with E-state index in [1.807, 2.05) is 13.0 Å². The Hall–Kier alpha value is -0.830. The summed E-state index contributed by atoms with van der Waals surface area (Å²) in [6.07, 6.45) is 9.94. The van der Waals surface area contributed by atoms with Crippen molar-refractivity contribution in [3.05, 3.63) is 12.2 Å². The summed E-state index contributed by atoms with van der Waals surface area (Å²) in [5.74, 6) is -0.250. The van der Waals surface area contributed by atoms with Crippen molar-refractivity contribution >= 4 is 5.97 Å². The van der Waals surface area contributed by atoms with Crippen LogP contribution < -0.4 is 5.32 Å². The Labute approximate surface area is 98.2 Å². The molecule has 0 heterocycles. The van der Waals surface area contributed by atoms with Gasteiger partial charge in [-0.1, -0.05) is 25.3 Å². The summed E-state index contributed by atoms with van der Waals surface area (Å²) in [5, 5.41) is 3.52. The van der Waals surface area contributed by atoms with Crippen molar-refractivity contribution in [2.75, 3.05) is 6.61 Å². The Morgan fingerprint density at radius 1 is 1.44 bits per heavy atom. The summed E-state index contributed by atoms with van der Waals surface area (Å²) < 4.78 is 4.83. The molecule has 1 atom stereocenters. The van der Waals surface area contributed by atoms with E-state index in [9.17, 15) is 4.79 Å². The smallest absolute Gasteiger partial charge is 0.330 e. The number of nitrogens with one attached hydrogen (secondary N) is 1. The minimum absolute atomic E-state index is 0.243. The maximum Gasteiger partial charge on any atom is 0.330 e. The molecule has 0 aromatic heterocycles. The Morgan fingerprint density at radius 2 is 2.12 bits per heavy atom. The molecule has 0 unspecified atom stereocenters. The highest BCUT2D eigenvalue weighted by Gasteiger charge is 2.14. The van der Waals surface area contributed by atoms with Crippen LogP contribution in [0.25, 0.3) is 0 Å². The Morgan fingerprint density at radius 3 is 2.75 bits per heavy atom. The summed E-state index contributed by atoms with van der Waals surface area (Å²) in [6.45, 7) is 4.33. The second-order valence-corrected chi connectivity index (χ2v) is 4.40. The number of carbonyl (C=O) groups excluding carboxylic acids is 1. The number of ether oxygens (including phenoxy) is 1. The second-order valence-electron chi connectivity index (χ2n) is 4.40. The van der Waals surface area contributed by atoms with E-state index in [0.29, 0.717) is 12.6 Å². The summed E-state index contributed by atoms with van der Waals surface area (Å²) >= 11 is 0. The minimum atomic E-state index is -0.250. The van der Waals surface area contributed by atoms with Gasteiger partial charge in [-0.25, -0.2) is 4.79 Å². The summed E-state index contributed by atoms with van der Waals surface area (Å²) in [5.41, 5.74) is 0. The van der Waals surface area contributed by atoms with E-state index in [0.717, 1.165) is 0 Å². The lowest BCUT2D eigenvalue weighted by Gasteiger charge is -2.25. The van der Waals surface area contributed by atoms with E-state index in [1.165, 1.54) is 38.2 Å². The van der Waals surface area contributed by atoms with E-state index >= 15 is 0 Å². The zero-order chi connectivity index (χ0) is 11.8. The monoisotopic (exact) mass is 225 g/mol. The molecule has 92 valence electrons. The van der Waals surface area contributed by atoms with Crippen molar-refractivity contribution in [1.29, 1.82) is 0 Å². The summed E-state index contributed by atoms with van der Waals surface area (Å²) in [7, 11) is 0. The van der Waals surface area contributed by atoms with Gasteiger partial charge in [0.25, 0.3) is 0 Å². The molecule has 0 aromatic rings. The maximum absolute atomic E-state index is 11.1. The van der Waals surface area contributed by atoms with Crippen LogP contribution in [-0.2, 0) is 9.53 Å². The number of carbonyl (C=O) groups is 1. The average molecular weight is 225 g/mol. The van der Waals surface area contributed by atoms with Gasteiger partial charge in [-0.2, -0.15) is 0 Å². The van der Waals surface area contributed by atoms with Gasteiger partial charge in [-0.3, -0.25) is 0 Å². The predicted molar refractivity (Wildman–Crippen MR) is 65.2 cm³/mol. The third-order valence-corrected chi connectivity index (χ3v) is 2.91. The predicted octanol–water partition coefficient (Wildman–Crippen LogP) is 2.42. The largest absolute Gasteiger partial charge is 0.463 e. The fourth-order valence-electron chi connectivity index (χ4n) is 2.11. The molecule has 0 radical (unpaired) electrons. The van der Waals surface area contributed by atoms with Crippen molar-refractivity contribution in [3.63, 3.8) is 0 Å².